The summed E-state index contributed by atoms with van der Waals surface area (Å²) in [5, 5.41) is 2.07. The number of hydrogen-bond donors (Lipinski definition) is 0. The van der Waals surface area contributed by atoms with Gasteiger partial charge in [0, 0.05) is 25.2 Å². The highest BCUT2D eigenvalue weighted by Gasteiger charge is 2.07. The van der Waals surface area contributed by atoms with Crippen molar-refractivity contribution >= 4 is 43.1 Å². The molecule has 0 aliphatic heterocycles. The van der Waals surface area contributed by atoms with E-state index in [0.717, 1.165) is 20.5 Å². The molecule has 3 aromatic rings. The summed E-state index contributed by atoms with van der Waals surface area (Å²) in [4.78, 5) is 12.3. The van der Waals surface area contributed by atoms with E-state index < -0.39 is 0 Å². The summed E-state index contributed by atoms with van der Waals surface area (Å²) in [5.74, 6) is 0.750. The van der Waals surface area contributed by atoms with Crippen molar-refractivity contribution in [3.8, 4) is 5.75 Å². The Morgan fingerprint density at radius 1 is 1.06 bits per heavy atom. The topological polar surface area (TPSA) is 26.3 Å². The van der Waals surface area contributed by atoms with Gasteiger partial charge in [-0.05, 0) is 36.4 Å². The zero-order chi connectivity index (χ0) is 12.7. The van der Waals surface area contributed by atoms with E-state index in [9.17, 15) is 4.79 Å². The zero-order valence-corrected chi connectivity index (χ0v) is 11.1. The SMILES string of the molecule is COc1ccc2c(=O)c3ccc(Cl)cc3sc2c1. The Bertz CT molecular complexity index is 808. The highest BCUT2D eigenvalue weighted by molar-refractivity contribution is 7.24. The van der Waals surface area contributed by atoms with Gasteiger partial charge in [0.25, 0.3) is 0 Å². The molecule has 0 atom stereocenters. The Balaban J connectivity index is 2.48. The van der Waals surface area contributed by atoms with Crippen molar-refractivity contribution in [3.05, 3.63) is 51.6 Å². The minimum absolute atomic E-state index is 0.0399. The van der Waals surface area contributed by atoms with E-state index >= 15 is 0 Å². The summed E-state index contributed by atoms with van der Waals surface area (Å²) in [6.45, 7) is 0. The number of fused-ring (bicyclic) bond motifs is 2. The third-order valence-corrected chi connectivity index (χ3v) is 4.19. The van der Waals surface area contributed by atoms with Crippen LogP contribution in [0.15, 0.2) is 41.2 Å². The van der Waals surface area contributed by atoms with Gasteiger partial charge in [0.2, 0.25) is 0 Å². The van der Waals surface area contributed by atoms with Gasteiger partial charge in [0.1, 0.15) is 5.75 Å². The zero-order valence-electron chi connectivity index (χ0n) is 9.57. The quantitative estimate of drug-likeness (QED) is 0.626. The first-order valence-electron chi connectivity index (χ1n) is 5.39. The molecule has 3 rings (SSSR count). The van der Waals surface area contributed by atoms with Crippen molar-refractivity contribution in [1.29, 1.82) is 0 Å². The number of ether oxygens (including phenoxy) is 1. The van der Waals surface area contributed by atoms with Gasteiger partial charge >= 0.3 is 0 Å². The maximum atomic E-state index is 12.3. The van der Waals surface area contributed by atoms with Crippen LogP contribution in [0.4, 0.5) is 0 Å². The third-order valence-electron chi connectivity index (χ3n) is 2.84. The minimum Gasteiger partial charge on any atom is -0.497 e. The van der Waals surface area contributed by atoms with Crippen LogP contribution in [0.3, 0.4) is 0 Å². The first-order chi connectivity index (χ1) is 8.69. The molecule has 2 nitrogen and oxygen atoms in total. The van der Waals surface area contributed by atoms with Gasteiger partial charge in [-0.1, -0.05) is 11.6 Å². The minimum atomic E-state index is 0.0399. The molecule has 0 fully saturated rings. The molecule has 0 aliphatic carbocycles. The Labute approximate surface area is 112 Å². The lowest BCUT2D eigenvalue weighted by Crippen LogP contribution is -2.00. The second kappa shape index (κ2) is 4.26. The molecule has 0 unspecified atom stereocenters. The molecule has 90 valence electrons. The van der Waals surface area contributed by atoms with Crippen LogP contribution >= 0.6 is 22.9 Å². The maximum absolute atomic E-state index is 12.3. The van der Waals surface area contributed by atoms with E-state index in [4.69, 9.17) is 16.3 Å². The molecule has 0 amide bonds. The van der Waals surface area contributed by atoms with Crippen molar-refractivity contribution in [2.24, 2.45) is 0 Å². The van der Waals surface area contributed by atoms with Crippen LogP contribution in [-0.2, 0) is 0 Å². The molecular formula is C14H9ClO2S. The van der Waals surface area contributed by atoms with Gasteiger partial charge < -0.3 is 4.74 Å². The fourth-order valence-electron chi connectivity index (χ4n) is 1.93. The summed E-state index contributed by atoms with van der Waals surface area (Å²) in [6.07, 6.45) is 0. The van der Waals surface area contributed by atoms with E-state index in [-0.39, 0.29) is 5.43 Å². The number of methoxy groups -OCH3 is 1. The summed E-state index contributed by atoms with van der Waals surface area (Å²) < 4.78 is 6.98. The maximum Gasteiger partial charge on any atom is 0.195 e. The highest BCUT2D eigenvalue weighted by atomic mass is 35.5. The van der Waals surface area contributed by atoms with Gasteiger partial charge in [0.05, 0.1) is 7.11 Å². The Morgan fingerprint density at radius 2 is 1.72 bits per heavy atom. The Kier molecular flexibility index (Phi) is 2.73. The molecule has 18 heavy (non-hydrogen) atoms. The summed E-state index contributed by atoms with van der Waals surface area (Å²) in [7, 11) is 1.61. The van der Waals surface area contributed by atoms with Gasteiger partial charge in [-0.25, -0.2) is 0 Å². The van der Waals surface area contributed by atoms with E-state index in [1.807, 2.05) is 12.1 Å². The van der Waals surface area contributed by atoms with Gasteiger partial charge in [-0.3, -0.25) is 4.79 Å². The summed E-state index contributed by atoms with van der Waals surface area (Å²) in [5.41, 5.74) is 0.0399. The lowest BCUT2D eigenvalue weighted by molar-refractivity contribution is 0.415. The number of halogens is 1. The van der Waals surface area contributed by atoms with Crippen LogP contribution in [0.1, 0.15) is 0 Å². The third kappa shape index (κ3) is 1.76. The molecule has 1 heterocycles. The van der Waals surface area contributed by atoms with E-state index in [1.165, 1.54) is 0 Å². The average molecular weight is 277 g/mol. The predicted octanol–water partition coefficient (Wildman–Crippen LogP) is 4.08. The van der Waals surface area contributed by atoms with Crippen molar-refractivity contribution in [3.63, 3.8) is 0 Å². The van der Waals surface area contributed by atoms with Crippen molar-refractivity contribution < 1.29 is 4.74 Å². The van der Waals surface area contributed by atoms with Crippen molar-refractivity contribution in [2.75, 3.05) is 7.11 Å². The van der Waals surface area contributed by atoms with Gasteiger partial charge in [0.15, 0.2) is 5.43 Å². The standard InChI is InChI=1S/C14H9ClO2S/c1-17-9-3-5-11-13(7-9)18-12-6-8(15)2-4-10(12)14(11)16/h2-7H,1H3. The smallest absolute Gasteiger partial charge is 0.195 e. The molecular weight excluding hydrogens is 268 g/mol. The van der Waals surface area contributed by atoms with Gasteiger partial charge in [-0.2, -0.15) is 0 Å². The van der Waals surface area contributed by atoms with Crippen LogP contribution < -0.4 is 10.2 Å². The summed E-state index contributed by atoms with van der Waals surface area (Å²) >= 11 is 7.51. The normalized spacial score (nSPS) is 11.0. The van der Waals surface area contributed by atoms with Gasteiger partial charge in [-0.15, -0.1) is 11.3 Å². The molecule has 0 N–H and O–H groups in total. The van der Waals surface area contributed by atoms with Crippen LogP contribution in [0, 0.1) is 0 Å². The monoisotopic (exact) mass is 276 g/mol. The number of benzene rings is 2. The Morgan fingerprint density at radius 3 is 2.44 bits per heavy atom. The summed E-state index contributed by atoms with van der Waals surface area (Å²) in [6, 6.07) is 10.8. The molecule has 0 aliphatic rings. The van der Waals surface area contributed by atoms with E-state index in [0.29, 0.717) is 10.4 Å². The molecule has 0 saturated carbocycles. The highest BCUT2D eigenvalue weighted by Crippen LogP contribution is 2.29. The molecule has 2 aromatic carbocycles. The fraction of sp³-hybridized carbons (Fsp3) is 0.0714. The molecule has 4 heteroatoms. The van der Waals surface area contributed by atoms with Crippen LogP contribution in [-0.4, -0.2) is 7.11 Å². The molecule has 0 saturated heterocycles. The number of hydrogen-bond acceptors (Lipinski definition) is 3. The van der Waals surface area contributed by atoms with Crippen LogP contribution in [0.2, 0.25) is 5.02 Å². The van der Waals surface area contributed by atoms with Crippen LogP contribution in [0.25, 0.3) is 20.2 Å². The van der Waals surface area contributed by atoms with Crippen molar-refractivity contribution in [2.45, 2.75) is 0 Å². The molecule has 1 aromatic heterocycles. The molecule has 0 spiro atoms. The fourth-order valence-corrected chi connectivity index (χ4v) is 3.31. The predicted molar refractivity (Wildman–Crippen MR) is 77.2 cm³/mol. The second-order valence-electron chi connectivity index (χ2n) is 3.93. The lowest BCUT2D eigenvalue weighted by atomic mass is 10.2. The van der Waals surface area contributed by atoms with E-state index in [1.54, 1.807) is 42.7 Å². The average Bonchev–Trinajstić information content (AvgIpc) is 2.38. The molecule has 0 radical (unpaired) electrons. The Hall–Kier alpha value is -1.58. The molecule has 0 bridgehead atoms. The van der Waals surface area contributed by atoms with Crippen LogP contribution in [0.5, 0.6) is 5.75 Å². The van der Waals surface area contributed by atoms with Crippen molar-refractivity contribution in [1.82, 2.24) is 0 Å². The first kappa shape index (κ1) is 11.5. The van der Waals surface area contributed by atoms with E-state index in [2.05, 4.69) is 0 Å². The lowest BCUT2D eigenvalue weighted by Gasteiger charge is -2.03. The number of rotatable bonds is 1. The largest absolute Gasteiger partial charge is 0.497 e. The second-order valence-corrected chi connectivity index (χ2v) is 5.45. The first-order valence-corrected chi connectivity index (χ1v) is 6.58.